The van der Waals surface area contributed by atoms with Crippen LogP contribution in [0.4, 0.5) is 0 Å². The number of ether oxygens (including phenoxy) is 1. The van der Waals surface area contributed by atoms with Gasteiger partial charge in [-0.25, -0.2) is 4.79 Å². The Hall–Kier alpha value is -2.10. The highest BCUT2D eigenvalue weighted by molar-refractivity contribution is 5.90. The van der Waals surface area contributed by atoms with Crippen LogP contribution >= 0.6 is 0 Å². The molecule has 1 aromatic rings. The summed E-state index contributed by atoms with van der Waals surface area (Å²) < 4.78 is 26.8. The van der Waals surface area contributed by atoms with Gasteiger partial charge in [0, 0.05) is 23.3 Å². The van der Waals surface area contributed by atoms with E-state index >= 15 is 0 Å². The molecule has 0 saturated heterocycles. The molecule has 1 aliphatic rings. The number of carbonyl (C=O) groups excluding carboxylic acids is 1. The smallest absolute Gasteiger partial charge is 0.337 e. The maximum absolute atomic E-state index is 11.6. The van der Waals surface area contributed by atoms with Crippen molar-refractivity contribution in [3.63, 3.8) is 0 Å². The average molecular weight is 247 g/mol. The van der Waals surface area contributed by atoms with Crippen molar-refractivity contribution < 1.29 is 13.6 Å². The highest BCUT2D eigenvalue weighted by Crippen LogP contribution is 2.19. The van der Waals surface area contributed by atoms with Crippen LogP contribution in [0.3, 0.4) is 0 Å². The van der Waals surface area contributed by atoms with Crippen molar-refractivity contribution in [2.75, 3.05) is 20.6 Å². The lowest BCUT2D eigenvalue weighted by atomic mass is 10.1. The second-order valence-corrected chi connectivity index (χ2v) is 4.00. The standard InChI is InChI=1S/C14H16N2O2/c1-10-8-12(14(17)18-3)9-13(15-10)11-4-6-16(2)7-5-11/h4-6,8-9H,7H2,1-3H3/i2D3. The predicted octanol–water partition coefficient (Wildman–Crippen LogP) is 2.02. The normalized spacial score (nSPS) is 17.6. The molecule has 0 N–H and O–H groups in total. The van der Waals surface area contributed by atoms with Crippen molar-refractivity contribution in [2.45, 2.75) is 6.92 Å². The number of hydrogen-bond acceptors (Lipinski definition) is 4. The molecular formula is C14H16N2O2. The number of nitrogens with zero attached hydrogens (tertiary/aromatic N) is 2. The molecule has 18 heavy (non-hydrogen) atoms. The fraction of sp³-hybridized carbons (Fsp3) is 0.286. The Balaban J connectivity index is 2.28. The molecule has 1 aromatic heterocycles. The number of rotatable bonds is 2. The fourth-order valence-electron chi connectivity index (χ4n) is 1.74. The van der Waals surface area contributed by atoms with E-state index in [1.165, 1.54) is 18.2 Å². The molecule has 0 aliphatic carbocycles. The largest absolute Gasteiger partial charge is 0.465 e. The highest BCUT2D eigenvalue weighted by atomic mass is 16.5. The molecule has 2 rings (SSSR count). The number of esters is 1. The zero-order valence-electron chi connectivity index (χ0n) is 13.3. The average Bonchev–Trinajstić information content (AvgIpc) is 2.45. The molecular weight excluding hydrogens is 228 g/mol. The van der Waals surface area contributed by atoms with E-state index < -0.39 is 12.9 Å². The number of pyridine rings is 1. The third kappa shape index (κ3) is 2.59. The number of methoxy groups -OCH3 is 1. The maximum Gasteiger partial charge on any atom is 0.337 e. The lowest BCUT2D eigenvalue weighted by molar-refractivity contribution is 0.0600. The molecule has 0 fully saturated rings. The zero-order chi connectivity index (χ0) is 15.6. The van der Waals surface area contributed by atoms with Crippen LogP contribution < -0.4 is 0 Å². The molecule has 4 heteroatoms. The monoisotopic (exact) mass is 247 g/mol. The first kappa shape index (κ1) is 8.91. The quantitative estimate of drug-likeness (QED) is 0.750. The van der Waals surface area contributed by atoms with E-state index in [4.69, 9.17) is 8.85 Å². The Bertz CT molecular complexity index is 621. The van der Waals surface area contributed by atoms with Crippen LogP contribution in [0.2, 0.25) is 0 Å². The van der Waals surface area contributed by atoms with Crippen molar-refractivity contribution in [1.29, 1.82) is 0 Å². The minimum atomic E-state index is -2.16. The summed E-state index contributed by atoms with van der Waals surface area (Å²) in [6.45, 7) is -0.0982. The molecule has 4 nitrogen and oxygen atoms in total. The Morgan fingerprint density at radius 3 is 3.00 bits per heavy atom. The lowest BCUT2D eigenvalue weighted by Crippen LogP contribution is -2.14. The topological polar surface area (TPSA) is 42.4 Å². The summed E-state index contributed by atoms with van der Waals surface area (Å²) in [4.78, 5) is 17.2. The van der Waals surface area contributed by atoms with Gasteiger partial charge in [0.2, 0.25) is 0 Å². The Morgan fingerprint density at radius 2 is 2.39 bits per heavy atom. The number of aromatic nitrogens is 1. The van der Waals surface area contributed by atoms with E-state index in [9.17, 15) is 4.79 Å². The van der Waals surface area contributed by atoms with E-state index in [0.717, 1.165) is 5.57 Å². The number of hydrogen-bond donors (Lipinski definition) is 0. The molecule has 0 bridgehead atoms. The van der Waals surface area contributed by atoms with Crippen molar-refractivity contribution >= 4 is 11.5 Å². The van der Waals surface area contributed by atoms with Crippen molar-refractivity contribution in [3.8, 4) is 0 Å². The van der Waals surface area contributed by atoms with Gasteiger partial charge < -0.3 is 9.64 Å². The summed E-state index contributed by atoms with van der Waals surface area (Å²) in [5.74, 6) is -0.425. The molecule has 94 valence electrons. The van der Waals surface area contributed by atoms with Crippen LogP contribution in [-0.4, -0.2) is 36.5 Å². The molecule has 0 atom stereocenters. The summed E-state index contributed by atoms with van der Waals surface area (Å²) in [5.41, 5.74) is 2.52. The van der Waals surface area contributed by atoms with Gasteiger partial charge in [0.05, 0.1) is 18.4 Å². The van der Waals surface area contributed by atoms with Gasteiger partial charge in [-0.1, -0.05) is 6.08 Å². The van der Waals surface area contributed by atoms with Gasteiger partial charge in [0.15, 0.2) is 0 Å². The minimum absolute atomic E-state index is 0.269. The van der Waals surface area contributed by atoms with Gasteiger partial charge in [-0.2, -0.15) is 0 Å². The van der Waals surface area contributed by atoms with Gasteiger partial charge >= 0.3 is 5.97 Å². The second kappa shape index (κ2) is 5.04. The number of aryl methyl sites for hydroxylation is 1. The first-order valence-electron chi connectivity index (χ1n) is 7.04. The molecule has 0 amide bonds. The number of likely N-dealkylation sites (N-methyl/N-ethyl adjacent to an activating group) is 1. The van der Waals surface area contributed by atoms with Gasteiger partial charge in [-0.15, -0.1) is 0 Å². The zero-order valence-corrected chi connectivity index (χ0v) is 10.3. The molecule has 0 spiro atoms. The Morgan fingerprint density at radius 1 is 1.56 bits per heavy atom. The van der Waals surface area contributed by atoms with Crippen molar-refractivity contribution in [1.82, 2.24) is 9.88 Å². The van der Waals surface area contributed by atoms with Crippen LogP contribution in [0.1, 0.15) is 25.9 Å². The van der Waals surface area contributed by atoms with Crippen molar-refractivity contribution in [3.05, 3.63) is 47.4 Å². The van der Waals surface area contributed by atoms with E-state index in [2.05, 4.69) is 4.98 Å². The van der Waals surface area contributed by atoms with E-state index in [1.54, 1.807) is 31.2 Å². The summed E-state index contributed by atoms with van der Waals surface area (Å²) in [6.07, 6.45) is 4.97. The Labute approximate surface area is 111 Å². The van der Waals surface area contributed by atoms with Gasteiger partial charge in [0.25, 0.3) is 0 Å². The van der Waals surface area contributed by atoms with E-state index in [-0.39, 0.29) is 6.54 Å². The van der Waals surface area contributed by atoms with Crippen LogP contribution in [-0.2, 0) is 4.74 Å². The van der Waals surface area contributed by atoms with Gasteiger partial charge in [-0.3, -0.25) is 4.98 Å². The first-order valence-corrected chi connectivity index (χ1v) is 5.54. The molecule has 2 heterocycles. The Kier molecular flexibility index (Phi) is 2.50. The van der Waals surface area contributed by atoms with Crippen LogP contribution in [0.25, 0.3) is 5.57 Å². The summed E-state index contributed by atoms with van der Waals surface area (Å²) in [7, 11) is 1.33. The van der Waals surface area contributed by atoms with E-state index in [1.807, 2.05) is 0 Å². The van der Waals surface area contributed by atoms with Crippen LogP contribution in [0.5, 0.6) is 0 Å². The van der Waals surface area contributed by atoms with Gasteiger partial charge in [0.1, 0.15) is 0 Å². The second-order valence-electron chi connectivity index (χ2n) is 4.00. The highest BCUT2D eigenvalue weighted by Gasteiger charge is 2.11. The van der Waals surface area contributed by atoms with Gasteiger partial charge in [-0.05, 0) is 36.9 Å². The van der Waals surface area contributed by atoms with E-state index in [0.29, 0.717) is 17.0 Å². The third-order valence-electron chi connectivity index (χ3n) is 2.61. The molecule has 0 radical (unpaired) electrons. The third-order valence-corrected chi connectivity index (χ3v) is 2.61. The SMILES string of the molecule is [2H]C([2H])([2H])N1C=CC(c2cc(C(=O)OC)cc(C)n2)=CC1. The first-order chi connectivity index (χ1) is 9.81. The summed E-state index contributed by atoms with van der Waals surface area (Å²) in [6, 6.07) is 3.29. The summed E-state index contributed by atoms with van der Waals surface area (Å²) in [5, 5.41) is 0. The lowest BCUT2D eigenvalue weighted by Gasteiger charge is -2.17. The fourth-order valence-corrected chi connectivity index (χ4v) is 1.74. The van der Waals surface area contributed by atoms with Crippen LogP contribution in [0.15, 0.2) is 30.5 Å². The molecule has 0 aromatic carbocycles. The number of carbonyl (C=O) groups is 1. The van der Waals surface area contributed by atoms with Crippen molar-refractivity contribution in [2.24, 2.45) is 0 Å². The summed E-state index contributed by atoms with van der Waals surface area (Å²) >= 11 is 0. The maximum atomic E-state index is 11.6. The minimum Gasteiger partial charge on any atom is -0.465 e. The molecule has 1 aliphatic heterocycles. The molecule has 0 saturated carbocycles. The number of allylic oxidation sites excluding steroid dienone is 2. The predicted molar refractivity (Wildman–Crippen MR) is 70.1 cm³/mol. The molecule has 0 unspecified atom stereocenters. The van der Waals surface area contributed by atoms with Crippen LogP contribution in [0, 0.1) is 6.92 Å².